The Morgan fingerprint density at radius 2 is 2.00 bits per heavy atom. The Kier molecular flexibility index (Phi) is 5.18. The van der Waals surface area contributed by atoms with Gasteiger partial charge in [-0.15, -0.1) is 0 Å². The van der Waals surface area contributed by atoms with Crippen molar-refractivity contribution in [3.8, 4) is 0 Å². The zero-order valence-electron chi connectivity index (χ0n) is 12.5. The fourth-order valence-electron chi connectivity index (χ4n) is 2.49. The van der Waals surface area contributed by atoms with Gasteiger partial charge in [-0.2, -0.15) is 5.10 Å². The zero-order valence-corrected chi connectivity index (χ0v) is 14.0. The Labute approximate surface area is 124 Å². The van der Waals surface area contributed by atoms with Crippen LogP contribution in [0.25, 0.3) is 0 Å². The summed E-state index contributed by atoms with van der Waals surface area (Å²) in [5, 5.41) is 7.23. The molecule has 5 heteroatoms. The summed E-state index contributed by atoms with van der Waals surface area (Å²) >= 11 is 3.34. The van der Waals surface area contributed by atoms with E-state index in [1.807, 2.05) is 6.20 Å². The van der Waals surface area contributed by atoms with E-state index in [4.69, 9.17) is 0 Å². The van der Waals surface area contributed by atoms with Crippen LogP contribution < -0.4 is 5.32 Å². The normalized spacial score (nSPS) is 12.5. The molecule has 0 radical (unpaired) electrons. The van der Waals surface area contributed by atoms with Crippen LogP contribution in [0.4, 0.5) is 0 Å². The predicted molar refractivity (Wildman–Crippen MR) is 80.8 cm³/mol. The third-order valence-corrected chi connectivity index (χ3v) is 3.03. The van der Waals surface area contributed by atoms with Crippen molar-refractivity contribution in [2.75, 3.05) is 0 Å². The lowest BCUT2D eigenvalue weighted by molar-refractivity contribution is -0.123. The van der Waals surface area contributed by atoms with E-state index < -0.39 is 0 Å². The van der Waals surface area contributed by atoms with Crippen molar-refractivity contribution in [2.45, 2.75) is 59.5 Å². The number of aromatic nitrogens is 2. The second-order valence-corrected chi connectivity index (χ2v) is 7.76. The van der Waals surface area contributed by atoms with Crippen molar-refractivity contribution in [3.63, 3.8) is 0 Å². The molecule has 108 valence electrons. The fourth-order valence-corrected chi connectivity index (χ4v) is 2.81. The molecule has 0 spiro atoms. The molecular formula is C14H24BrN3O. The monoisotopic (exact) mass is 329 g/mol. The van der Waals surface area contributed by atoms with Gasteiger partial charge in [0.25, 0.3) is 0 Å². The summed E-state index contributed by atoms with van der Waals surface area (Å²) in [5.41, 5.74) is 0.0175. The van der Waals surface area contributed by atoms with Gasteiger partial charge in [0, 0.05) is 24.7 Å². The Morgan fingerprint density at radius 3 is 2.47 bits per heavy atom. The molecule has 1 rings (SSSR count). The van der Waals surface area contributed by atoms with E-state index in [0.717, 1.165) is 10.9 Å². The van der Waals surface area contributed by atoms with Crippen molar-refractivity contribution >= 4 is 21.8 Å². The molecule has 0 fully saturated rings. The molecule has 0 aliphatic carbocycles. The van der Waals surface area contributed by atoms with Crippen molar-refractivity contribution in [1.82, 2.24) is 15.1 Å². The Morgan fingerprint density at radius 1 is 1.37 bits per heavy atom. The maximum absolute atomic E-state index is 12.0. The van der Waals surface area contributed by atoms with E-state index in [1.165, 1.54) is 0 Å². The molecule has 1 aromatic rings. The van der Waals surface area contributed by atoms with E-state index in [1.54, 1.807) is 10.9 Å². The summed E-state index contributed by atoms with van der Waals surface area (Å²) in [6.07, 6.45) is 4.98. The molecule has 1 heterocycles. The first-order valence-corrected chi connectivity index (χ1v) is 7.36. The Balaban J connectivity index is 2.42. The molecule has 0 saturated carbocycles. The largest absolute Gasteiger partial charge is 0.351 e. The summed E-state index contributed by atoms with van der Waals surface area (Å²) < 4.78 is 2.70. The molecule has 1 amide bonds. The van der Waals surface area contributed by atoms with Gasteiger partial charge in [0.15, 0.2) is 0 Å². The van der Waals surface area contributed by atoms with Crippen LogP contribution in [0.3, 0.4) is 0 Å². The lowest BCUT2D eigenvalue weighted by atomic mass is 9.82. The van der Waals surface area contributed by atoms with Gasteiger partial charge in [0.05, 0.1) is 10.7 Å². The Bertz CT molecular complexity index is 432. The highest BCUT2D eigenvalue weighted by Crippen LogP contribution is 2.26. The molecule has 0 aromatic carbocycles. The molecule has 0 unspecified atom stereocenters. The molecule has 0 atom stereocenters. The maximum atomic E-state index is 12.0. The smallest absolute Gasteiger partial charge is 0.222 e. The third kappa shape index (κ3) is 6.76. The van der Waals surface area contributed by atoms with Crippen molar-refractivity contribution < 1.29 is 4.79 Å². The van der Waals surface area contributed by atoms with Gasteiger partial charge in [0.2, 0.25) is 5.91 Å². The van der Waals surface area contributed by atoms with E-state index in [2.05, 4.69) is 61.0 Å². The highest BCUT2D eigenvalue weighted by molar-refractivity contribution is 9.10. The van der Waals surface area contributed by atoms with Crippen molar-refractivity contribution in [2.24, 2.45) is 5.41 Å². The highest BCUT2D eigenvalue weighted by Gasteiger charge is 2.26. The van der Waals surface area contributed by atoms with Gasteiger partial charge >= 0.3 is 0 Å². The molecule has 1 aromatic heterocycles. The minimum atomic E-state index is -0.181. The summed E-state index contributed by atoms with van der Waals surface area (Å²) in [4.78, 5) is 12.0. The summed E-state index contributed by atoms with van der Waals surface area (Å²) in [6.45, 7) is 11.3. The number of halogens is 1. The van der Waals surface area contributed by atoms with Crippen molar-refractivity contribution in [1.29, 1.82) is 0 Å². The molecule has 0 saturated heterocycles. The second kappa shape index (κ2) is 6.07. The summed E-state index contributed by atoms with van der Waals surface area (Å²) in [5.74, 6) is 0.0703. The Hall–Kier alpha value is -0.840. The number of carbonyl (C=O) groups is 1. The lowest BCUT2D eigenvalue weighted by Gasteiger charge is -2.33. The zero-order chi connectivity index (χ0) is 14.7. The topological polar surface area (TPSA) is 46.9 Å². The third-order valence-electron chi connectivity index (χ3n) is 2.62. The molecule has 1 N–H and O–H groups in total. The number of carbonyl (C=O) groups excluding carboxylic acids is 1. The summed E-state index contributed by atoms with van der Waals surface area (Å²) in [7, 11) is 0. The number of aryl methyl sites for hydroxylation is 1. The first-order valence-electron chi connectivity index (χ1n) is 6.56. The first kappa shape index (κ1) is 16.2. The minimum absolute atomic E-state index is 0.0703. The quantitative estimate of drug-likeness (QED) is 0.900. The minimum Gasteiger partial charge on any atom is -0.351 e. The van der Waals surface area contributed by atoms with Gasteiger partial charge in [-0.25, -0.2) is 0 Å². The molecular weight excluding hydrogens is 306 g/mol. The van der Waals surface area contributed by atoms with Crippen LogP contribution in [0.5, 0.6) is 0 Å². The van der Waals surface area contributed by atoms with Crippen LogP contribution in [-0.2, 0) is 11.3 Å². The first-order chi connectivity index (χ1) is 8.57. The number of hydrogen-bond acceptors (Lipinski definition) is 2. The number of nitrogens with one attached hydrogen (secondary N) is 1. The van der Waals surface area contributed by atoms with Gasteiger partial charge < -0.3 is 5.32 Å². The highest BCUT2D eigenvalue weighted by atomic mass is 79.9. The summed E-state index contributed by atoms with van der Waals surface area (Å²) in [6, 6.07) is 0. The van der Waals surface area contributed by atoms with Gasteiger partial charge in [-0.1, -0.05) is 20.8 Å². The van der Waals surface area contributed by atoms with Crippen LogP contribution in [0.15, 0.2) is 16.9 Å². The average molecular weight is 330 g/mol. The standard InChI is InChI=1S/C14H24BrN3O/c1-13(2,3)10-14(4,5)17-12(19)6-7-18-9-11(15)8-16-18/h8-9H,6-7,10H2,1-5H3,(H,17,19). The number of nitrogens with zero attached hydrogens (tertiary/aromatic N) is 2. The predicted octanol–water partition coefficient (Wildman–Crippen LogP) is 3.37. The average Bonchev–Trinajstić information content (AvgIpc) is 2.56. The van der Waals surface area contributed by atoms with E-state index >= 15 is 0 Å². The SMILES string of the molecule is CC(C)(C)CC(C)(C)NC(=O)CCn1cc(Br)cn1. The number of rotatable bonds is 5. The van der Waals surface area contributed by atoms with E-state index in [-0.39, 0.29) is 16.9 Å². The van der Waals surface area contributed by atoms with Crippen LogP contribution in [0.2, 0.25) is 0 Å². The van der Waals surface area contributed by atoms with Gasteiger partial charge in [-0.05, 0) is 41.6 Å². The molecule has 0 bridgehead atoms. The molecule has 0 aliphatic heterocycles. The number of amides is 1. The van der Waals surface area contributed by atoms with E-state index in [9.17, 15) is 4.79 Å². The van der Waals surface area contributed by atoms with Crippen molar-refractivity contribution in [3.05, 3.63) is 16.9 Å². The maximum Gasteiger partial charge on any atom is 0.222 e. The molecule has 4 nitrogen and oxygen atoms in total. The fraction of sp³-hybridized carbons (Fsp3) is 0.714. The lowest BCUT2D eigenvalue weighted by Crippen LogP contribution is -2.46. The molecule has 19 heavy (non-hydrogen) atoms. The second-order valence-electron chi connectivity index (χ2n) is 6.84. The van der Waals surface area contributed by atoms with Crippen LogP contribution >= 0.6 is 15.9 Å². The van der Waals surface area contributed by atoms with Crippen LogP contribution in [0, 0.1) is 5.41 Å². The van der Waals surface area contributed by atoms with Gasteiger partial charge in [-0.3, -0.25) is 9.48 Å². The van der Waals surface area contributed by atoms with Gasteiger partial charge in [0.1, 0.15) is 0 Å². The number of hydrogen-bond donors (Lipinski definition) is 1. The van der Waals surface area contributed by atoms with E-state index in [0.29, 0.717) is 13.0 Å². The molecule has 0 aliphatic rings. The van der Waals surface area contributed by atoms with Crippen LogP contribution in [-0.4, -0.2) is 21.2 Å². The van der Waals surface area contributed by atoms with Crippen LogP contribution in [0.1, 0.15) is 47.5 Å².